The highest BCUT2D eigenvalue weighted by Crippen LogP contribution is 2.34. The predicted octanol–water partition coefficient (Wildman–Crippen LogP) is 4.83. The summed E-state index contributed by atoms with van der Waals surface area (Å²) in [6, 6.07) is 3.77. The summed E-state index contributed by atoms with van der Waals surface area (Å²) in [5, 5.41) is 0.602. The standard InChI is InChI=1S/C17H25ClO3/c1-4-9-20-16-12-17(21-10-5-2)15(18)11-14(16)8-6-7-13(3)19/h11-12H,4-10H2,1-3H3. The van der Waals surface area contributed by atoms with Gasteiger partial charge in [0, 0.05) is 12.5 Å². The molecule has 0 atom stereocenters. The van der Waals surface area contributed by atoms with E-state index in [2.05, 4.69) is 13.8 Å². The Labute approximate surface area is 132 Å². The summed E-state index contributed by atoms with van der Waals surface area (Å²) in [6.07, 6.45) is 4.05. The first-order valence-electron chi connectivity index (χ1n) is 7.65. The maximum absolute atomic E-state index is 11.1. The van der Waals surface area contributed by atoms with Crippen LogP contribution in [0.15, 0.2) is 12.1 Å². The number of halogens is 1. The molecule has 1 aromatic rings. The summed E-state index contributed by atoms with van der Waals surface area (Å²) in [4.78, 5) is 11.1. The number of hydrogen-bond acceptors (Lipinski definition) is 3. The van der Waals surface area contributed by atoms with Crippen LogP contribution < -0.4 is 9.47 Å². The van der Waals surface area contributed by atoms with Gasteiger partial charge >= 0.3 is 0 Å². The van der Waals surface area contributed by atoms with Crippen molar-refractivity contribution >= 4 is 17.4 Å². The van der Waals surface area contributed by atoms with Crippen LogP contribution in [-0.4, -0.2) is 19.0 Å². The number of aryl methyl sites for hydroxylation is 1. The van der Waals surface area contributed by atoms with E-state index in [1.165, 1.54) is 0 Å². The number of carbonyl (C=O) groups excluding carboxylic acids is 1. The Bertz CT molecular complexity index is 458. The normalized spacial score (nSPS) is 10.5. The van der Waals surface area contributed by atoms with Crippen LogP contribution in [0, 0.1) is 0 Å². The molecule has 0 bridgehead atoms. The van der Waals surface area contributed by atoms with Crippen molar-refractivity contribution in [1.29, 1.82) is 0 Å². The Morgan fingerprint density at radius 2 is 1.71 bits per heavy atom. The predicted molar refractivity (Wildman–Crippen MR) is 86.6 cm³/mol. The maximum Gasteiger partial charge on any atom is 0.141 e. The lowest BCUT2D eigenvalue weighted by atomic mass is 10.1. The second-order valence-electron chi connectivity index (χ2n) is 5.14. The SMILES string of the molecule is CCCOc1cc(OCCC)c(CCCC(C)=O)cc1Cl. The van der Waals surface area contributed by atoms with E-state index in [0.717, 1.165) is 37.0 Å². The first kappa shape index (κ1) is 17.8. The molecule has 0 N–H and O–H groups in total. The monoisotopic (exact) mass is 312 g/mol. The van der Waals surface area contributed by atoms with Crippen LogP contribution in [0.2, 0.25) is 5.02 Å². The van der Waals surface area contributed by atoms with Gasteiger partial charge in [0.25, 0.3) is 0 Å². The highest BCUT2D eigenvalue weighted by molar-refractivity contribution is 6.32. The first-order chi connectivity index (χ1) is 10.1. The van der Waals surface area contributed by atoms with Gasteiger partial charge in [-0.3, -0.25) is 0 Å². The van der Waals surface area contributed by atoms with E-state index in [1.54, 1.807) is 6.92 Å². The van der Waals surface area contributed by atoms with Crippen LogP contribution in [-0.2, 0) is 11.2 Å². The van der Waals surface area contributed by atoms with Gasteiger partial charge in [-0.05, 0) is 44.2 Å². The molecule has 3 nitrogen and oxygen atoms in total. The lowest BCUT2D eigenvalue weighted by molar-refractivity contribution is -0.117. The molecule has 4 heteroatoms. The molecule has 1 aromatic carbocycles. The molecule has 0 spiro atoms. The van der Waals surface area contributed by atoms with Crippen molar-refractivity contribution in [3.05, 3.63) is 22.7 Å². The molecule has 0 fully saturated rings. The summed E-state index contributed by atoms with van der Waals surface area (Å²) >= 11 is 6.27. The van der Waals surface area contributed by atoms with E-state index in [1.807, 2.05) is 12.1 Å². The Kier molecular flexibility index (Phi) is 8.21. The van der Waals surface area contributed by atoms with Crippen molar-refractivity contribution < 1.29 is 14.3 Å². The molecule has 0 aliphatic heterocycles. The van der Waals surface area contributed by atoms with E-state index < -0.39 is 0 Å². The Morgan fingerprint density at radius 3 is 2.29 bits per heavy atom. The van der Waals surface area contributed by atoms with Gasteiger partial charge in [0.1, 0.15) is 17.3 Å². The molecule has 1 rings (SSSR count). The van der Waals surface area contributed by atoms with Gasteiger partial charge in [0.15, 0.2) is 0 Å². The molecule has 0 saturated heterocycles. The van der Waals surface area contributed by atoms with E-state index in [0.29, 0.717) is 30.4 Å². The largest absolute Gasteiger partial charge is 0.493 e. The van der Waals surface area contributed by atoms with E-state index in [-0.39, 0.29) is 5.78 Å². The van der Waals surface area contributed by atoms with Crippen LogP contribution in [0.5, 0.6) is 11.5 Å². The number of Topliss-reactive ketones (excluding diaryl/α,β-unsaturated/α-hetero) is 1. The zero-order valence-electron chi connectivity index (χ0n) is 13.2. The number of carbonyl (C=O) groups is 1. The highest BCUT2D eigenvalue weighted by atomic mass is 35.5. The molecular formula is C17H25ClO3. The quantitative estimate of drug-likeness (QED) is 0.621. The molecule has 21 heavy (non-hydrogen) atoms. The minimum Gasteiger partial charge on any atom is -0.493 e. The summed E-state index contributed by atoms with van der Waals surface area (Å²) in [5.74, 6) is 1.69. The molecule has 0 amide bonds. The first-order valence-corrected chi connectivity index (χ1v) is 8.03. The molecule has 0 saturated carbocycles. The lowest BCUT2D eigenvalue weighted by Gasteiger charge is -2.15. The van der Waals surface area contributed by atoms with Crippen molar-refractivity contribution in [1.82, 2.24) is 0 Å². The minimum absolute atomic E-state index is 0.208. The molecule has 0 heterocycles. The third-order valence-corrected chi connectivity index (χ3v) is 3.31. The number of ether oxygens (including phenoxy) is 2. The number of benzene rings is 1. The molecule has 0 radical (unpaired) electrons. The summed E-state index contributed by atoms with van der Waals surface area (Å²) < 4.78 is 11.4. The average Bonchev–Trinajstić information content (AvgIpc) is 2.44. The minimum atomic E-state index is 0.208. The Balaban J connectivity index is 2.86. The fraction of sp³-hybridized carbons (Fsp3) is 0.588. The van der Waals surface area contributed by atoms with Crippen molar-refractivity contribution in [2.75, 3.05) is 13.2 Å². The number of rotatable bonds is 10. The molecule has 0 aromatic heterocycles. The van der Waals surface area contributed by atoms with Crippen LogP contribution in [0.4, 0.5) is 0 Å². The molecule has 0 aliphatic rings. The van der Waals surface area contributed by atoms with Gasteiger partial charge in [-0.1, -0.05) is 25.4 Å². The van der Waals surface area contributed by atoms with Crippen LogP contribution in [0.3, 0.4) is 0 Å². The van der Waals surface area contributed by atoms with Crippen molar-refractivity contribution in [2.24, 2.45) is 0 Å². The fourth-order valence-corrected chi connectivity index (χ4v) is 2.21. The molecule has 0 aliphatic carbocycles. The van der Waals surface area contributed by atoms with Gasteiger partial charge in [-0.2, -0.15) is 0 Å². The van der Waals surface area contributed by atoms with Crippen molar-refractivity contribution in [3.63, 3.8) is 0 Å². The second kappa shape index (κ2) is 9.67. The van der Waals surface area contributed by atoms with Gasteiger partial charge in [0.05, 0.1) is 18.2 Å². The summed E-state index contributed by atoms with van der Waals surface area (Å²) in [6.45, 7) is 7.03. The smallest absolute Gasteiger partial charge is 0.141 e. The number of hydrogen-bond donors (Lipinski definition) is 0. The zero-order chi connectivity index (χ0) is 15.7. The van der Waals surface area contributed by atoms with Crippen LogP contribution in [0.1, 0.15) is 52.0 Å². The summed E-state index contributed by atoms with van der Waals surface area (Å²) in [7, 11) is 0. The lowest BCUT2D eigenvalue weighted by Crippen LogP contribution is -2.02. The van der Waals surface area contributed by atoms with Gasteiger partial charge in [-0.25, -0.2) is 0 Å². The highest BCUT2D eigenvalue weighted by Gasteiger charge is 2.11. The Hall–Kier alpha value is -1.22. The third-order valence-electron chi connectivity index (χ3n) is 3.01. The number of ketones is 1. The second-order valence-corrected chi connectivity index (χ2v) is 5.55. The van der Waals surface area contributed by atoms with Gasteiger partial charge < -0.3 is 14.3 Å². The van der Waals surface area contributed by atoms with Crippen LogP contribution in [0.25, 0.3) is 0 Å². The maximum atomic E-state index is 11.1. The van der Waals surface area contributed by atoms with Crippen LogP contribution >= 0.6 is 11.6 Å². The zero-order valence-corrected chi connectivity index (χ0v) is 14.0. The topological polar surface area (TPSA) is 35.5 Å². The fourth-order valence-electron chi connectivity index (χ4n) is 1.97. The Morgan fingerprint density at radius 1 is 1.10 bits per heavy atom. The van der Waals surface area contributed by atoms with E-state index >= 15 is 0 Å². The molecular weight excluding hydrogens is 288 g/mol. The average molecular weight is 313 g/mol. The van der Waals surface area contributed by atoms with Crippen molar-refractivity contribution in [2.45, 2.75) is 52.9 Å². The van der Waals surface area contributed by atoms with E-state index in [4.69, 9.17) is 21.1 Å². The van der Waals surface area contributed by atoms with E-state index in [9.17, 15) is 4.79 Å². The van der Waals surface area contributed by atoms with Gasteiger partial charge in [0.2, 0.25) is 0 Å². The third kappa shape index (κ3) is 6.38. The summed E-state index contributed by atoms with van der Waals surface area (Å²) in [5.41, 5.74) is 1.04. The molecule has 0 unspecified atom stereocenters. The molecule has 118 valence electrons. The van der Waals surface area contributed by atoms with Crippen molar-refractivity contribution in [3.8, 4) is 11.5 Å². The van der Waals surface area contributed by atoms with Gasteiger partial charge in [-0.15, -0.1) is 0 Å².